The first-order chi connectivity index (χ1) is 15.0. The van der Waals surface area contributed by atoms with Crippen molar-refractivity contribution in [3.63, 3.8) is 0 Å². The molecule has 0 fully saturated rings. The molecule has 3 aromatic carbocycles. The molecule has 3 rings (SSSR count). The van der Waals surface area contributed by atoms with E-state index >= 15 is 0 Å². The fourth-order valence-corrected chi connectivity index (χ4v) is 2.98. The lowest BCUT2D eigenvalue weighted by atomic mass is 10.1. The minimum Gasteiger partial charge on any atom is -0.490 e. The Hall–Kier alpha value is -3.91. The topological polar surface area (TPSA) is 111 Å². The molecule has 0 spiro atoms. The molecule has 8 heteroatoms. The van der Waals surface area contributed by atoms with Gasteiger partial charge in [-0.05, 0) is 29.2 Å². The summed E-state index contributed by atoms with van der Waals surface area (Å²) in [5, 5.41) is 26.5. The molecule has 2 N–H and O–H groups in total. The number of nitrogens with zero attached hydrogens (tertiary/aromatic N) is 1. The minimum atomic E-state index is -0.891. The molecule has 8 nitrogen and oxygen atoms in total. The van der Waals surface area contributed by atoms with Crippen molar-refractivity contribution in [3.05, 3.63) is 82.4 Å². The van der Waals surface area contributed by atoms with Crippen LogP contribution in [0.2, 0.25) is 0 Å². The molecule has 1 atom stereocenters. The van der Waals surface area contributed by atoms with Crippen molar-refractivity contribution in [3.8, 4) is 5.75 Å². The lowest BCUT2D eigenvalue weighted by molar-refractivity contribution is -0.384. The van der Waals surface area contributed by atoms with Gasteiger partial charge in [-0.15, -0.1) is 0 Å². The SMILES string of the molecule is COC(=O)/C=C/c1ccc(NCC(O)COc2cccc3ccccc23)c([N+](=O)[O-])c1. The van der Waals surface area contributed by atoms with Gasteiger partial charge in [0.25, 0.3) is 5.69 Å². The number of fused-ring (bicyclic) bond motifs is 1. The zero-order valence-corrected chi connectivity index (χ0v) is 16.9. The highest BCUT2D eigenvalue weighted by atomic mass is 16.6. The monoisotopic (exact) mass is 422 g/mol. The molecular formula is C23H22N2O6. The van der Waals surface area contributed by atoms with Crippen LogP contribution in [0.4, 0.5) is 11.4 Å². The van der Waals surface area contributed by atoms with Crippen LogP contribution >= 0.6 is 0 Å². The number of hydrogen-bond acceptors (Lipinski definition) is 7. The number of anilines is 1. The lowest BCUT2D eigenvalue weighted by Crippen LogP contribution is -2.26. The first-order valence-electron chi connectivity index (χ1n) is 9.55. The van der Waals surface area contributed by atoms with Gasteiger partial charge in [0.15, 0.2) is 0 Å². The van der Waals surface area contributed by atoms with Crippen molar-refractivity contribution >= 4 is 34.2 Å². The molecule has 0 saturated carbocycles. The van der Waals surface area contributed by atoms with Crippen LogP contribution in [0.3, 0.4) is 0 Å². The van der Waals surface area contributed by atoms with E-state index in [4.69, 9.17) is 4.74 Å². The Bertz CT molecular complexity index is 1110. The van der Waals surface area contributed by atoms with E-state index in [1.807, 2.05) is 42.5 Å². The summed E-state index contributed by atoms with van der Waals surface area (Å²) in [6, 6.07) is 17.9. The summed E-state index contributed by atoms with van der Waals surface area (Å²) in [6.07, 6.45) is 1.72. The van der Waals surface area contributed by atoms with E-state index in [1.54, 1.807) is 6.07 Å². The van der Waals surface area contributed by atoms with Gasteiger partial charge in [-0.3, -0.25) is 10.1 Å². The van der Waals surface area contributed by atoms with Gasteiger partial charge < -0.3 is 19.9 Å². The van der Waals surface area contributed by atoms with Crippen LogP contribution in [0.1, 0.15) is 5.56 Å². The Morgan fingerprint density at radius 1 is 1.19 bits per heavy atom. The number of rotatable bonds is 9. The van der Waals surface area contributed by atoms with E-state index in [2.05, 4.69) is 10.1 Å². The fraction of sp³-hybridized carbons (Fsp3) is 0.174. The summed E-state index contributed by atoms with van der Waals surface area (Å²) < 4.78 is 10.3. The van der Waals surface area contributed by atoms with Crippen molar-refractivity contribution in [2.45, 2.75) is 6.10 Å². The fourth-order valence-electron chi connectivity index (χ4n) is 2.98. The molecule has 0 radical (unpaired) electrons. The number of nitrogens with one attached hydrogen (secondary N) is 1. The average Bonchev–Trinajstić information content (AvgIpc) is 2.79. The van der Waals surface area contributed by atoms with Crippen molar-refractivity contribution < 1.29 is 24.3 Å². The molecule has 0 aliphatic carbocycles. The Labute approximate surface area is 178 Å². The molecule has 160 valence electrons. The van der Waals surface area contributed by atoms with E-state index in [0.29, 0.717) is 11.3 Å². The molecule has 0 aliphatic rings. The Morgan fingerprint density at radius 2 is 1.97 bits per heavy atom. The van der Waals surface area contributed by atoms with Crippen molar-refractivity contribution in [2.24, 2.45) is 0 Å². The van der Waals surface area contributed by atoms with Crippen LogP contribution < -0.4 is 10.1 Å². The predicted octanol–water partition coefficient (Wildman–Crippen LogP) is 3.79. The first kappa shape index (κ1) is 21.8. The summed E-state index contributed by atoms with van der Waals surface area (Å²) in [5.41, 5.74) is 0.557. The quantitative estimate of drug-likeness (QED) is 0.234. The van der Waals surface area contributed by atoms with Crippen LogP contribution in [0.25, 0.3) is 16.8 Å². The normalized spacial score (nSPS) is 11.9. The zero-order chi connectivity index (χ0) is 22.2. The number of ether oxygens (including phenoxy) is 2. The third kappa shape index (κ3) is 5.80. The minimum absolute atomic E-state index is 0.0226. The number of aliphatic hydroxyl groups excluding tert-OH is 1. The molecule has 0 aliphatic heterocycles. The van der Waals surface area contributed by atoms with Gasteiger partial charge >= 0.3 is 5.97 Å². The first-order valence-corrected chi connectivity index (χ1v) is 9.55. The maximum absolute atomic E-state index is 11.4. The van der Waals surface area contributed by atoms with Gasteiger partial charge in [0.05, 0.1) is 12.0 Å². The third-order valence-corrected chi connectivity index (χ3v) is 4.54. The predicted molar refractivity (Wildman–Crippen MR) is 118 cm³/mol. The molecule has 0 aromatic heterocycles. The summed E-state index contributed by atoms with van der Waals surface area (Å²) >= 11 is 0. The zero-order valence-electron chi connectivity index (χ0n) is 16.9. The van der Waals surface area contributed by atoms with Crippen LogP contribution in [0, 0.1) is 10.1 Å². The molecular weight excluding hydrogens is 400 g/mol. The molecule has 3 aromatic rings. The molecule has 0 saturated heterocycles. The Balaban J connectivity index is 1.62. The van der Waals surface area contributed by atoms with Crippen LogP contribution in [0.5, 0.6) is 5.75 Å². The highest BCUT2D eigenvalue weighted by Crippen LogP contribution is 2.27. The number of methoxy groups -OCH3 is 1. The lowest BCUT2D eigenvalue weighted by Gasteiger charge is -2.15. The average molecular weight is 422 g/mol. The second-order valence-electron chi connectivity index (χ2n) is 6.71. The largest absolute Gasteiger partial charge is 0.490 e. The maximum atomic E-state index is 11.4. The Kier molecular flexibility index (Phi) is 7.18. The van der Waals surface area contributed by atoms with Gasteiger partial charge in [0.2, 0.25) is 0 Å². The van der Waals surface area contributed by atoms with E-state index in [0.717, 1.165) is 10.8 Å². The summed E-state index contributed by atoms with van der Waals surface area (Å²) in [5.74, 6) is 0.101. The van der Waals surface area contributed by atoms with Crippen LogP contribution in [0.15, 0.2) is 66.7 Å². The number of carbonyl (C=O) groups is 1. The number of nitro benzene ring substituents is 1. The highest BCUT2D eigenvalue weighted by molar-refractivity contribution is 5.88. The number of nitro groups is 1. The van der Waals surface area contributed by atoms with Gasteiger partial charge in [0.1, 0.15) is 24.1 Å². The van der Waals surface area contributed by atoms with Crippen molar-refractivity contribution in [1.29, 1.82) is 0 Å². The number of hydrogen-bond donors (Lipinski definition) is 2. The number of esters is 1. The smallest absolute Gasteiger partial charge is 0.330 e. The second kappa shape index (κ2) is 10.2. The van der Waals surface area contributed by atoms with E-state index in [1.165, 1.54) is 31.4 Å². The molecule has 1 unspecified atom stereocenters. The van der Waals surface area contributed by atoms with Gasteiger partial charge in [-0.2, -0.15) is 0 Å². The van der Waals surface area contributed by atoms with Crippen molar-refractivity contribution in [1.82, 2.24) is 0 Å². The van der Waals surface area contributed by atoms with E-state index in [-0.39, 0.29) is 24.5 Å². The molecule has 0 amide bonds. The number of benzene rings is 3. The molecule has 0 heterocycles. The number of aliphatic hydroxyl groups is 1. The molecule has 31 heavy (non-hydrogen) atoms. The van der Waals surface area contributed by atoms with Gasteiger partial charge in [-0.1, -0.05) is 42.5 Å². The van der Waals surface area contributed by atoms with Crippen LogP contribution in [-0.2, 0) is 9.53 Å². The van der Waals surface area contributed by atoms with Gasteiger partial charge in [-0.25, -0.2) is 4.79 Å². The second-order valence-corrected chi connectivity index (χ2v) is 6.71. The standard InChI is InChI=1S/C23H22N2O6/c1-30-23(27)12-10-16-9-11-20(21(13-16)25(28)29)24-14-18(26)15-31-22-8-4-6-17-5-2-3-7-19(17)22/h2-13,18,24,26H,14-15H2,1H3/b12-10+. The highest BCUT2D eigenvalue weighted by Gasteiger charge is 2.16. The molecule has 0 bridgehead atoms. The number of carbonyl (C=O) groups excluding carboxylic acids is 1. The summed E-state index contributed by atoms with van der Waals surface area (Å²) in [7, 11) is 1.25. The van der Waals surface area contributed by atoms with Crippen molar-refractivity contribution in [2.75, 3.05) is 25.6 Å². The van der Waals surface area contributed by atoms with E-state index in [9.17, 15) is 20.0 Å². The summed E-state index contributed by atoms with van der Waals surface area (Å²) in [4.78, 5) is 22.1. The Morgan fingerprint density at radius 3 is 2.74 bits per heavy atom. The van der Waals surface area contributed by atoms with E-state index < -0.39 is 17.0 Å². The third-order valence-electron chi connectivity index (χ3n) is 4.54. The summed E-state index contributed by atoms with van der Waals surface area (Å²) in [6.45, 7) is 0.0811. The maximum Gasteiger partial charge on any atom is 0.330 e. The van der Waals surface area contributed by atoms with Crippen LogP contribution in [-0.4, -0.2) is 42.4 Å². The van der Waals surface area contributed by atoms with Gasteiger partial charge in [0, 0.05) is 24.1 Å².